The van der Waals surface area contributed by atoms with Gasteiger partial charge < -0.3 is 9.30 Å². The average molecular weight is 357 g/mol. The molecule has 1 unspecified atom stereocenters. The first-order valence-corrected chi connectivity index (χ1v) is 10.0. The first kappa shape index (κ1) is 17.8. The molecular formula is C25H27NO. The second-order valence-electron chi connectivity index (χ2n) is 7.15. The van der Waals surface area contributed by atoms with Crippen LogP contribution in [0.5, 0.6) is 0 Å². The van der Waals surface area contributed by atoms with Crippen molar-refractivity contribution >= 4 is 21.8 Å². The smallest absolute Gasteiger partial charge is 0.134 e. The molecule has 0 N–H and O–H groups in total. The van der Waals surface area contributed by atoms with Crippen LogP contribution >= 0.6 is 0 Å². The predicted molar refractivity (Wildman–Crippen MR) is 114 cm³/mol. The van der Waals surface area contributed by atoms with Crippen LogP contribution < -0.4 is 0 Å². The van der Waals surface area contributed by atoms with Gasteiger partial charge in [-0.15, -0.1) is 0 Å². The van der Waals surface area contributed by atoms with Crippen molar-refractivity contribution in [2.24, 2.45) is 0 Å². The molecule has 0 aliphatic heterocycles. The molecule has 0 radical (unpaired) electrons. The maximum atomic E-state index is 6.50. The Kier molecular flexibility index (Phi) is 5.55. The van der Waals surface area contributed by atoms with E-state index in [0.717, 1.165) is 6.42 Å². The van der Waals surface area contributed by atoms with Crippen molar-refractivity contribution in [3.63, 3.8) is 0 Å². The highest BCUT2D eigenvalue weighted by molar-refractivity contribution is 6.08. The van der Waals surface area contributed by atoms with Gasteiger partial charge in [0.2, 0.25) is 0 Å². The zero-order valence-corrected chi connectivity index (χ0v) is 16.0. The summed E-state index contributed by atoms with van der Waals surface area (Å²) in [6, 6.07) is 27.8. The molecule has 0 aliphatic carbocycles. The lowest BCUT2D eigenvalue weighted by Crippen LogP contribution is -2.13. The number of ether oxygens (including phenoxy) is 1. The van der Waals surface area contributed by atoms with E-state index in [2.05, 4.69) is 90.4 Å². The van der Waals surface area contributed by atoms with Crippen molar-refractivity contribution in [1.82, 2.24) is 4.57 Å². The molecule has 1 aromatic heterocycles. The van der Waals surface area contributed by atoms with Gasteiger partial charge in [0, 0.05) is 10.8 Å². The fraction of sp³-hybridized carbons (Fsp3) is 0.280. The zero-order valence-electron chi connectivity index (χ0n) is 16.0. The Bertz CT molecular complexity index is 949. The number of nitrogens with zero attached hydrogens (tertiary/aromatic N) is 1. The molecule has 0 fully saturated rings. The third kappa shape index (κ3) is 3.77. The number of hydrogen-bond acceptors (Lipinski definition) is 1. The lowest BCUT2D eigenvalue weighted by molar-refractivity contribution is -0.0112. The van der Waals surface area contributed by atoms with Gasteiger partial charge in [0.1, 0.15) is 6.23 Å². The molecule has 1 heterocycles. The average Bonchev–Trinajstić information content (AvgIpc) is 3.06. The Balaban J connectivity index is 1.73. The monoisotopic (exact) mass is 357 g/mol. The van der Waals surface area contributed by atoms with Crippen LogP contribution in [0.15, 0.2) is 78.9 Å². The summed E-state index contributed by atoms with van der Waals surface area (Å²) in [5.41, 5.74) is 3.74. The Morgan fingerprint density at radius 1 is 0.741 bits per heavy atom. The number of aromatic nitrogens is 1. The highest BCUT2D eigenvalue weighted by Crippen LogP contribution is 2.34. The SMILES string of the molecule is CCCCCC(OCc1ccccc1)n1c2ccccc2c2ccccc21. The van der Waals surface area contributed by atoms with Gasteiger partial charge in [-0.05, 0) is 30.5 Å². The van der Waals surface area contributed by atoms with E-state index in [-0.39, 0.29) is 6.23 Å². The Morgan fingerprint density at radius 3 is 1.96 bits per heavy atom. The van der Waals surface area contributed by atoms with Crippen molar-refractivity contribution in [1.29, 1.82) is 0 Å². The van der Waals surface area contributed by atoms with E-state index >= 15 is 0 Å². The van der Waals surface area contributed by atoms with Crippen molar-refractivity contribution in [3.05, 3.63) is 84.4 Å². The number of unbranched alkanes of at least 4 members (excludes halogenated alkanes) is 2. The summed E-state index contributed by atoms with van der Waals surface area (Å²) in [6.45, 7) is 2.89. The van der Waals surface area contributed by atoms with Crippen molar-refractivity contribution in [3.8, 4) is 0 Å². The van der Waals surface area contributed by atoms with E-state index in [9.17, 15) is 0 Å². The third-order valence-corrected chi connectivity index (χ3v) is 5.25. The van der Waals surface area contributed by atoms with Crippen LogP contribution in [0.3, 0.4) is 0 Å². The van der Waals surface area contributed by atoms with Crippen LogP contribution in [0.1, 0.15) is 44.4 Å². The Labute approximate surface area is 161 Å². The Hall–Kier alpha value is -2.58. The molecule has 0 amide bonds. The number of para-hydroxylation sites is 2. The minimum Gasteiger partial charge on any atom is -0.353 e. The van der Waals surface area contributed by atoms with Gasteiger partial charge in [-0.25, -0.2) is 0 Å². The molecule has 2 heteroatoms. The van der Waals surface area contributed by atoms with E-state index in [1.807, 2.05) is 0 Å². The summed E-state index contributed by atoms with van der Waals surface area (Å²) in [6.07, 6.45) is 4.71. The molecule has 138 valence electrons. The highest BCUT2D eigenvalue weighted by Gasteiger charge is 2.18. The molecule has 3 aromatic carbocycles. The fourth-order valence-electron chi connectivity index (χ4n) is 3.89. The largest absolute Gasteiger partial charge is 0.353 e. The van der Waals surface area contributed by atoms with Crippen LogP contribution in [0.2, 0.25) is 0 Å². The fourth-order valence-corrected chi connectivity index (χ4v) is 3.89. The minimum absolute atomic E-state index is 0.0431. The van der Waals surface area contributed by atoms with Crippen LogP contribution in [0.4, 0.5) is 0 Å². The molecule has 4 aromatic rings. The summed E-state index contributed by atoms with van der Waals surface area (Å²) in [5.74, 6) is 0. The van der Waals surface area contributed by atoms with E-state index in [4.69, 9.17) is 4.74 Å². The Morgan fingerprint density at radius 2 is 1.33 bits per heavy atom. The van der Waals surface area contributed by atoms with Gasteiger partial charge in [-0.2, -0.15) is 0 Å². The zero-order chi connectivity index (χ0) is 18.5. The molecule has 0 saturated carbocycles. The predicted octanol–water partition coefficient (Wildman–Crippen LogP) is 7.09. The van der Waals surface area contributed by atoms with Crippen molar-refractivity contribution in [2.75, 3.05) is 0 Å². The molecule has 27 heavy (non-hydrogen) atoms. The topological polar surface area (TPSA) is 14.2 Å². The molecular weight excluding hydrogens is 330 g/mol. The molecule has 0 saturated heterocycles. The maximum Gasteiger partial charge on any atom is 0.134 e. The quantitative estimate of drug-likeness (QED) is 0.307. The normalized spacial score (nSPS) is 12.6. The van der Waals surface area contributed by atoms with Crippen LogP contribution in [0.25, 0.3) is 21.8 Å². The van der Waals surface area contributed by atoms with Crippen molar-refractivity contribution in [2.45, 2.75) is 45.4 Å². The van der Waals surface area contributed by atoms with Gasteiger partial charge in [0.05, 0.1) is 17.6 Å². The molecule has 0 bridgehead atoms. The summed E-state index contributed by atoms with van der Waals surface area (Å²) in [4.78, 5) is 0. The van der Waals surface area contributed by atoms with Gasteiger partial charge in [-0.1, -0.05) is 86.5 Å². The summed E-state index contributed by atoms with van der Waals surface area (Å²) in [7, 11) is 0. The number of hydrogen-bond donors (Lipinski definition) is 0. The van der Waals surface area contributed by atoms with Crippen LogP contribution in [-0.2, 0) is 11.3 Å². The van der Waals surface area contributed by atoms with Gasteiger partial charge in [0.25, 0.3) is 0 Å². The molecule has 1 atom stereocenters. The second-order valence-corrected chi connectivity index (χ2v) is 7.15. The summed E-state index contributed by atoms with van der Waals surface area (Å²) >= 11 is 0. The number of benzene rings is 3. The van der Waals surface area contributed by atoms with Crippen LogP contribution in [0, 0.1) is 0 Å². The van der Waals surface area contributed by atoms with E-state index in [1.165, 1.54) is 46.6 Å². The summed E-state index contributed by atoms with van der Waals surface area (Å²) in [5, 5.41) is 2.61. The highest BCUT2D eigenvalue weighted by atomic mass is 16.5. The maximum absolute atomic E-state index is 6.50. The van der Waals surface area contributed by atoms with E-state index in [1.54, 1.807) is 0 Å². The number of fused-ring (bicyclic) bond motifs is 3. The first-order valence-electron chi connectivity index (χ1n) is 10.0. The minimum atomic E-state index is 0.0431. The number of rotatable bonds is 8. The van der Waals surface area contributed by atoms with Crippen molar-refractivity contribution < 1.29 is 4.74 Å². The second kappa shape index (κ2) is 8.41. The summed E-state index contributed by atoms with van der Waals surface area (Å²) < 4.78 is 8.90. The third-order valence-electron chi connectivity index (χ3n) is 5.25. The van der Waals surface area contributed by atoms with Gasteiger partial charge in [0.15, 0.2) is 0 Å². The van der Waals surface area contributed by atoms with Gasteiger partial charge >= 0.3 is 0 Å². The van der Waals surface area contributed by atoms with Crippen LogP contribution in [-0.4, -0.2) is 4.57 Å². The lowest BCUT2D eigenvalue weighted by atomic mass is 10.2. The molecule has 0 aliphatic rings. The molecule has 0 spiro atoms. The van der Waals surface area contributed by atoms with E-state index in [0.29, 0.717) is 6.61 Å². The molecule has 4 rings (SSSR count). The first-order chi connectivity index (χ1) is 13.4. The standard InChI is InChI=1S/C25H27NO/c1-2-3-5-18-25(27-19-20-12-6-4-7-13-20)26-23-16-10-8-14-21(23)22-15-9-11-17-24(22)26/h4,6-17,25H,2-3,5,18-19H2,1H3. The van der Waals surface area contributed by atoms with E-state index < -0.39 is 0 Å². The lowest BCUT2D eigenvalue weighted by Gasteiger charge is -2.22. The molecule has 2 nitrogen and oxygen atoms in total. The van der Waals surface area contributed by atoms with Gasteiger partial charge in [-0.3, -0.25) is 0 Å².